The van der Waals surface area contributed by atoms with E-state index in [-0.39, 0.29) is 16.1 Å². The average molecular weight is 242 g/mol. The molecule has 0 atom stereocenters. The topological polar surface area (TPSA) is 120 Å². The highest BCUT2D eigenvalue weighted by atomic mass is 32.2. The van der Waals surface area contributed by atoms with Gasteiger partial charge in [-0.2, -0.15) is 8.42 Å². The van der Waals surface area contributed by atoms with Crippen LogP contribution in [0.15, 0.2) is 28.3 Å². The number of hydrogen-bond acceptors (Lipinski definition) is 5. The molecule has 1 heterocycles. The molecule has 8 heteroatoms. The standard InChI is InChI=1S/C8H6N2O5S/c11-7-5-3-4(16(13,14)15)1-2-6(5)9-8(7)10-12/h1-3,9,11H,(H,13,14,15). The van der Waals surface area contributed by atoms with Crippen molar-refractivity contribution in [2.24, 2.45) is 5.18 Å². The summed E-state index contributed by atoms with van der Waals surface area (Å²) in [6.45, 7) is 0. The number of fused-ring (bicyclic) bond motifs is 1. The molecule has 0 saturated carbocycles. The Balaban J connectivity index is 2.80. The Hall–Kier alpha value is -1.93. The molecule has 2 rings (SSSR count). The molecule has 1 aromatic heterocycles. The van der Waals surface area contributed by atoms with E-state index in [2.05, 4.69) is 10.2 Å². The van der Waals surface area contributed by atoms with Crippen molar-refractivity contribution < 1.29 is 18.1 Å². The average Bonchev–Trinajstić information content (AvgIpc) is 2.54. The first kappa shape index (κ1) is 10.6. The number of nitrogens with zero attached hydrogens (tertiary/aromatic N) is 1. The van der Waals surface area contributed by atoms with Crippen molar-refractivity contribution in [2.45, 2.75) is 4.90 Å². The van der Waals surface area contributed by atoms with Gasteiger partial charge in [0, 0.05) is 5.39 Å². The molecular weight excluding hydrogens is 236 g/mol. The van der Waals surface area contributed by atoms with Crippen molar-refractivity contribution in [3.8, 4) is 5.75 Å². The second-order valence-electron chi connectivity index (χ2n) is 3.10. The highest BCUT2D eigenvalue weighted by molar-refractivity contribution is 7.85. The summed E-state index contributed by atoms with van der Waals surface area (Å²) < 4.78 is 30.5. The van der Waals surface area contributed by atoms with Crippen LogP contribution in [0.2, 0.25) is 0 Å². The van der Waals surface area contributed by atoms with Gasteiger partial charge < -0.3 is 10.1 Å². The van der Waals surface area contributed by atoms with E-state index in [0.29, 0.717) is 5.52 Å². The van der Waals surface area contributed by atoms with Gasteiger partial charge >= 0.3 is 0 Å². The summed E-state index contributed by atoms with van der Waals surface area (Å²) >= 11 is 0. The largest absolute Gasteiger partial charge is 0.504 e. The lowest BCUT2D eigenvalue weighted by Gasteiger charge is -1.96. The second kappa shape index (κ2) is 3.29. The van der Waals surface area contributed by atoms with Crippen LogP contribution >= 0.6 is 0 Å². The van der Waals surface area contributed by atoms with E-state index in [9.17, 15) is 18.4 Å². The first-order chi connectivity index (χ1) is 7.43. The van der Waals surface area contributed by atoms with Crippen LogP contribution in [0.5, 0.6) is 5.75 Å². The quantitative estimate of drug-likeness (QED) is 0.544. The lowest BCUT2D eigenvalue weighted by molar-refractivity contribution is 0.482. The van der Waals surface area contributed by atoms with E-state index in [0.717, 1.165) is 12.1 Å². The third-order valence-corrected chi connectivity index (χ3v) is 2.96. The monoisotopic (exact) mass is 242 g/mol. The number of hydrogen-bond donors (Lipinski definition) is 3. The molecule has 84 valence electrons. The molecule has 0 fully saturated rings. The SMILES string of the molecule is O=Nc1[nH]c2ccc(S(=O)(=O)O)cc2c1O. The van der Waals surface area contributed by atoms with Crippen LogP contribution in [0.25, 0.3) is 10.9 Å². The van der Waals surface area contributed by atoms with Crippen molar-refractivity contribution in [1.29, 1.82) is 0 Å². The number of nitrogens with one attached hydrogen (secondary N) is 1. The van der Waals surface area contributed by atoms with E-state index in [1.807, 2.05) is 0 Å². The number of H-pyrrole nitrogens is 1. The molecule has 2 aromatic rings. The normalized spacial score (nSPS) is 11.8. The summed E-state index contributed by atoms with van der Waals surface area (Å²) in [4.78, 5) is 12.4. The molecule has 0 spiro atoms. The highest BCUT2D eigenvalue weighted by Gasteiger charge is 2.15. The van der Waals surface area contributed by atoms with Crippen LogP contribution in [0.4, 0.5) is 5.82 Å². The lowest BCUT2D eigenvalue weighted by Crippen LogP contribution is -1.96. The summed E-state index contributed by atoms with van der Waals surface area (Å²) in [5.74, 6) is -0.738. The predicted molar refractivity (Wildman–Crippen MR) is 55.2 cm³/mol. The Kier molecular flexibility index (Phi) is 2.17. The second-order valence-corrected chi connectivity index (χ2v) is 4.52. The van der Waals surface area contributed by atoms with Crippen molar-refractivity contribution in [2.75, 3.05) is 0 Å². The summed E-state index contributed by atoms with van der Waals surface area (Å²) in [7, 11) is -4.34. The maximum Gasteiger partial charge on any atom is 0.294 e. The lowest BCUT2D eigenvalue weighted by atomic mass is 10.2. The maximum absolute atomic E-state index is 10.8. The Morgan fingerprint density at radius 1 is 1.31 bits per heavy atom. The van der Waals surface area contributed by atoms with Gasteiger partial charge in [-0.05, 0) is 23.4 Å². The zero-order valence-electron chi connectivity index (χ0n) is 7.71. The van der Waals surface area contributed by atoms with Crippen LogP contribution in [-0.4, -0.2) is 23.1 Å². The number of nitroso groups, excluding NO2 is 1. The molecule has 0 bridgehead atoms. The van der Waals surface area contributed by atoms with Crippen molar-refractivity contribution in [3.63, 3.8) is 0 Å². The van der Waals surface area contributed by atoms with E-state index < -0.39 is 15.9 Å². The summed E-state index contributed by atoms with van der Waals surface area (Å²) in [5, 5.41) is 12.1. The number of aromatic nitrogens is 1. The molecule has 7 nitrogen and oxygen atoms in total. The third kappa shape index (κ3) is 1.53. The molecule has 0 aliphatic heterocycles. The zero-order chi connectivity index (χ0) is 11.9. The number of benzene rings is 1. The number of aromatic amines is 1. The van der Waals surface area contributed by atoms with Crippen LogP contribution in [0.1, 0.15) is 0 Å². The van der Waals surface area contributed by atoms with Gasteiger partial charge in [0.2, 0.25) is 5.82 Å². The Morgan fingerprint density at radius 3 is 2.56 bits per heavy atom. The smallest absolute Gasteiger partial charge is 0.294 e. The van der Waals surface area contributed by atoms with Gasteiger partial charge in [-0.3, -0.25) is 4.55 Å². The predicted octanol–water partition coefficient (Wildman–Crippen LogP) is 1.52. The molecule has 3 N–H and O–H groups in total. The van der Waals surface area contributed by atoms with Gasteiger partial charge in [0.15, 0.2) is 5.75 Å². The highest BCUT2D eigenvalue weighted by Crippen LogP contribution is 2.35. The van der Waals surface area contributed by atoms with Crippen LogP contribution < -0.4 is 0 Å². The first-order valence-electron chi connectivity index (χ1n) is 4.09. The van der Waals surface area contributed by atoms with E-state index in [4.69, 9.17) is 4.55 Å². The molecule has 1 aromatic carbocycles. The van der Waals surface area contributed by atoms with Crippen molar-refractivity contribution in [1.82, 2.24) is 4.98 Å². The van der Waals surface area contributed by atoms with Gasteiger partial charge in [-0.15, -0.1) is 4.91 Å². The van der Waals surface area contributed by atoms with E-state index in [1.165, 1.54) is 6.07 Å². The van der Waals surface area contributed by atoms with Crippen LogP contribution in [-0.2, 0) is 10.1 Å². The van der Waals surface area contributed by atoms with Crippen molar-refractivity contribution in [3.05, 3.63) is 23.1 Å². The molecule has 0 unspecified atom stereocenters. The first-order valence-corrected chi connectivity index (χ1v) is 5.53. The maximum atomic E-state index is 10.8. The molecule has 0 aliphatic carbocycles. The van der Waals surface area contributed by atoms with E-state index >= 15 is 0 Å². The van der Waals surface area contributed by atoms with Gasteiger partial charge in [0.1, 0.15) is 0 Å². The molecule has 16 heavy (non-hydrogen) atoms. The summed E-state index contributed by atoms with van der Waals surface area (Å²) in [6, 6.07) is 3.50. The van der Waals surface area contributed by atoms with Crippen LogP contribution in [0, 0.1) is 4.91 Å². The molecule has 0 radical (unpaired) electrons. The van der Waals surface area contributed by atoms with Gasteiger partial charge in [-0.25, -0.2) is 0 Å². The van der Waals surface area contributed by atoms with Crippen molar-refractivity contribution >= 4 is 26.8 Å². The zero-order valence-corrected chi connectivity index (χ0v) is 8.52. The van der Waals surface area contributed by atoms with Crippen LogP contribution in [0.3, 0.4) is 0 Å². The minimum atomic E-state index is -4.34. The fraction of sp³-hybridized carbons (Fsp3) is 0. The molecule has 0 saturated heterocycles. The van der Waals surface area contributed by atoms with Gasteiger partial charge in [-0.1, -0.05) is 0 Å². The summed E-state index contributed by atoms with van der Waals surface area (Å²) in [6.07, 6.45) is 0. The fourth-order valence-electron chi connectivity index (χ4n) is 1.37. The Morgan fingerprint density at radius 2 is 2.00 bits per heavy atom. The molecule has 0 amide bonds. The molecule has 0 aliphatic rings. The van der Waals surface area contributed by atoms with E-state index in [1.54, 1.807) is 0 Å². The molecular formula is C8H6N2O5S. The number of rotatable bonds is 2. The minimum Gasteiger partial charge on any atom is -0.504 e. The third-order valence-electron chi connectivity index (χ3n) is 2.11. The van der Waals surface area contributed by atoms with Gasteiger partial charge in [0.05, 0.1) is 10.4 Å². The Labute approximate surface area is 89.4 Å². The summed E-state index contributed by atoms with van der Waals surface area (Å²) in [5.41, 5.74) is 0.347. The Bertz CT molecular complexity index is 673. The number of aromatic hydroxyl groups is 1. The fourth-order valence-corrected chi connectivity index (χ4v) is 1.88. The minimum absolute atomic E-state index is 0.102. The van der Waals surface area contributed by atoms with Gasteiger partial charge in [0.25, 0.3) is 10.1 Å².